The molecule has 0 spiro atoms. The highest BCUT2D eigenvalue weighted by Gasteiger charge is 2.09. The molecule has 24 heavy (non-hydrogen) atoms. The van der Waals surface area contributed by atoms with Gasteiger partial charge >= 0.3 is 0 Å². The van der Waals surface area contributed by atoms with E-state index >= 15 is 0 Å². The Hall–Kier alpha value is -2.76. The van der Waals surface area contributed by atoms with Crippen LogP contribution >= 0.6 is 0 Å². The summed E-state index contributed by atoms with van der Waals surface area (Å²) < 4.78 is 0. The van der Waals surface area contributed by atoms with E-state index in [1.807, 2.05) is 18.3 Å². The molecule has 6 heteroatoms. The van der Waals surface area contributed by atoms with E-state index in [4.69, 9.17) is 0 Å². The Labute approximate surface area is 143 Å². The number of aromatic nitrogens is 3. The summed E-state index contributed by atoms with van der Waals surface area (Å²) in [5.74, 6) is 1.01. The van der Waals surface area contributed by atoms with Crippen molar-refractivity contribution in [3.8, 4) is 0 Å². The second kappa shape index (κ2) is 8.76. The van der Waals surface area contributed by atoms with Crippen LogP contribution in [0.2, 0.25) is 0 Å². The van der Waals surface area contributed by atoms with Crippen LogP contribution < -0.4 is 15.5 Å². The average Bonchev–Trinajstić information content (AvgIpc) is 3.04. The predicted octanol–water partition coefficient (Wildman–Crippen LogP) is 4.07. The quantitative estimate of drug-likeness (QED) is 0.614. The van der Waals surface area contributed by atoms with Crippen molar-refractivity contribution in [2.24, 2.45) is 0 Å². The second-order valence-electron chi connectivity index (χ2n) is 5.50. The van der Waals surface area contributed by atoms with E-state index in [2.05, 4.69) is 57.7 Å². The number of pyridine rings is 1. The molecule has 128 valence electrons. The van der Waals surface area contributed by atoms with E-state index in [1.165, 1.54) is 0 Å². The number of nitrogens with zero attached hydrogens (tertiary/aromatic N) is 3. The van der Waals surface area contributed by atoms with Crippen LogP contribution in [-0.2, 0) is 0 Å². The van der Waals surface area contributed by atoms with Crippen molar-refractivity contribution in [1.82, 2.24) is 15.2 Å². The third-order valence-corrected chi connectivity index (χ3v) is 3.55. The van der Waals surface area contributed by atoms with E-state index < -0.39 is 0 Å². The fourth-order valence-electron chi connectivity index (χ4n) is 2.50. The van der Waals surface area contributed by atoms with Gasteiger partial charge in [0.2, 0.25) is 0 Å². The van der Waals surface area contributed by atoms with Gasteiger partial charge in [0.25, 0.3) is 0 Å². The normalized spacial score (nSPS) is 10.2. The minimum Gasteiger partial charge on any atom is -0.359 e. The van der Waals surface area contributed by atoms with E-state index in [9.17, 15) is 0 Å². The Morgan fingerprint density at radius 1 is 1.25 bits per heavy atom. The third kappa shape index (κ3) is 4.38. The molecule has 0 amide bonds. The number of hydrogen-bond donors (Lipinski definition) is 3. The standard InChI is InChI=1S/C18H26N6/c1-5-10-24(11-6-2)17-9-8-15(12-20-17)22-14(4)18-16(19-7-3)13-21-23-18/h7-9,12-13,19,22H,3-6,10-11H2,1-2H3,(H,21,23). The number of aromatic amines is 1. The molecular weight excluding hydrogens is 300 g/mol. The lowest BCUT2D eigenvalue weighted by Crippen LogP contribution is -2.25. The highest BCUT2D eigenvalue weighted by molar-refractivity contribution is 5.79. The van der Waals surface area contributed by atoms with Gasteiger partial charge in [-0.25, -0.2) is 4.98 Å². The van der Waals surface area contributed by atoms with Crippen LogP contribution in [-0.4, -0.2) is 28.3 Å². The topological polar surface area (TPSA) is 68.9 Å². The highest BCUT2D eigenvalue weighted by atomic mass is 15.2. The molecule has 0 fully saturated rings. The molecule has 6 nitrogen and oxygen atoms in total. The zero-order valence-electron chi connectivity index (χ0n) is 14.5. The van der Waals surface area contributed by atoms with Gasteiger partial charge in [-0.05, 0) is 31.2 Å². The molecule has 0 radical (unpaired) electrons. The molecule has 0 atom stereocenters. The van der Waals surface area contributed by atoms with Crippen molar-refractivity contribution in [3.63, 3.8) is 0 Å². The Morgan fingerprint density at radius 2 is 2.00 bits per heavy atom. The number of hydrogen-bond acceptors (Lipinski definition) is 5. The number of nitrogens with one attached hydrogen (secondary N) is 3. The lowest BCUT2D eigenvalue weighted by Gasteiger charge is -2.22. The van der Waals surface area contributed by atoms with E-state index in [1.54, 1.807) is 12.4 Å². The molecule has 0 aliphatic rings. The Morgan fingerprint density at radius 3 is 2.58 bits per heavy atom. The Bertz CT molecular complexity index is 652. The predicted molar refractivity (Wildman–Crippen MR) is 102 cm³/mol. The molecule has 2 heterocycles. The number of H-pyrrole nitrogens is 1. The molecule has 0 unspecified atom stereocenters. The molecule has 2 rings (SSSR count). The minimum absolute atomic E-state index is 0.713. The third-order valence-electron chi connectivity index (χ3n) is 3.55. The molecule has 3 N–H and O–H groups in total. The fraction of sp³-hybridized carbons (Fsp3) is 0.333. The van der Waals surface area contributed by atoms with Crippen molar-refractivity contribution >= 4 is 22.9 Å². The molecule has 0 aromatic carbocycles. The van der Waals surface area contributed by atoms with E-state index in [0.29, 0.717) is 5.70 Å². The molecule has 0 bridgehead atoms. The summed E-state index contributed by atoms with van der Waals surface area (Å²) in [6.45, 7) is 14.1. The Kier molecular flexibility index (Phi) is 6.42. The molecule has 0 saturated heterocycles. The van der Waals surface area contributed by atoms with Crippen molar-refractivity contribution in [3.05, 3.63) is 49.6 Å². The summed E-state index contributed by atoms with van der Waals surface area (Å²) in [7, 11) is 0. The maximum absolute atomic E-state index is 4.57. The van der Waals surface area contributed by atoms with Gasteiger partial charge in [0, 0.05) is 13.1 Å². The van der Waals surface area contributed by atoms with Gasteiger partial charge in [0.1, 0.15) is 11.5 Å². The van der Waals surface area contributed by atoms with Crippen molar-refractivity contribution in [1.29, 1.82) is 0 Å². The van der Waals surface area contributed by atoms with Gasteiger partial charge in [0.05, 0.1) is 29.5 Å². The molecule has 0 aliphatic heterocycles. The number of rotatable bonds is 10. The highest BCUT2D eigenvalue weighted by Crippen LogP contribution is 2.23. The van der Waals surface area contributed by atoms with Gasteiger partial charge in [-0.1, -0.05) is 27.0 Å². The second-order valence-corrected chi connectivity index (χ2v) is 5.50. The largest absolute Gasteiger partial charge is 0.359 e. The SMILES string of the molecule is C=CNc1cn[nH]c1C(=C)Nc1ccc(N(CCC)CCC)nc1. The summed E-state index contributed by atoms with van der Waals surface area (Å²) >= 11 is 0. The van der Waals surface area contributed by atoms with Gasteiger partial charge in [-0.2, -0.15) is 5.10 Å². The smallest absolute Gasteiger partial charge is 0.128 e. The molecule has 0 aliphatic carbocycles. The van der Waals surface area contributed by atoms with Crippen molar-refractivity contribution in [2.45, 2.75) is 26.7 Å². The maximum atomic E-state index is 4.57. The zero-order valence-corrected chi connectivity index (χ0v) is 14.5. The fourth-order valence-corrected chi connectivity index (χ4v) is 2.50. The van der Waals surface area contributed by atoms with Crippen LogP contribution in [0.3, 0.4) is 0 Å². The summed E-state index contributed by atoms with van der Waals surface area (Å²) in [5, 5.41) is 13.2. The van der Waals surface area contributed by atoms with Gasteiger partial charge in [0.15, 0.2) is 0 Å². The Balaban J connectivity index is 2.06. The summed E-state index contributed by atoms with van der Waals surface area (Å²) in [6, 6.07) is 4.06. The maximum Gasteiger partial charge on any atom is 0.128 e. The first-order valence-corrected chi connectivity index (χ1v) is 8.27. The monoisotopic (exact) mass is 326 g/mol. The first kappa shape index (κ1) is 17.6. The van der Waals surface area contributed by atoms with Crippen LogP contribution in [0.4, 0.5) is 17.2 Å². The van der Waals surface area contributed by atoms with Crippen LogP contribution in [0.15, 0.2) is 43.9 Å². The molecule has 2 aromatic heterocycles. The van der Waals surface area contributed by atoms with Crippen molar-refractivity contribution < 1.29 is 0 Å². The lowest BCUT2D eigenvalue weighted by molar-refractivity contribution is 0.734. The van der Waals surface area contributed by atoms with Crippen LogP contribution in [0, 0.1) is 0 Å². The van der Waals surface area contributed by atoms with E-state index in [0.717, 1.165) is 48.8 Å². The summed E-state index contributed by atoms with van der Waals surface area (Å²) in [4.78, 5) is 6.88. The van der Waals surface area contributed by atoms with Gasteiger partial charge < -0.3 is 15.5 Å². The lowest BCUT2D eigenvalue weighted by atomic mass is 10.2. The van der Waals surface area contributed by atoms with Gasteiger partial charge in [-0.15, -0.1) is 0 Å². The van der Waals surface area contributed by atoms with Crippen LogP contribution in [0.25, 0.3) is 5.70 Å². The molecule has 2 aromatic rings. The van der Waals surface area contributed by atoms with Crippen LogP contribution in [0.5, 0.6) is 0 Å². The van der Waals surface area contributed by atoms with E-state index in [-0.39, 0.29) is 0 Å². The minimum atomic E-state index is 0.713. The average molecular weight is 326 g/mol. The first-order chi connectivity index (χ1) is 11.7. The molecule has 0 saturated carbocycles. The summed E-state index contributed by atoms with van der Waals surface area (Å²) in [6.07, 6.45) is 7.34. The first-order valence-electron chi connectivity index (χ1n) is 8.27. The summed E-state index contributed by atoms with van der Waals surface area (Å²) in [5.41, 5.74) is 3.21. The molecular formula is C18H26N6. The number of anilines is 3. The van der Waals surface area contributed by atoms with Gasteiger partial charge in [-0.3, -0.25) is 5.10 Å². The zero-order chi connectivity index (χ0) is 17.4. The van der Waals surface area contributed by atoms with Crippen molar-refractivity contribution in [2.75, 3.05) is 28.6 Å². The van der Waals surface area contributed by atoms with Crippen LogP contribution in [0.1, 0.15) is 32.4 Å².